The van der Waals surface area contributed by atoms with Crippen LogP contribution in [0, 0.1) is 11.8 Å². The second kappa shape index (κ2) is 11.0. The van der Waals surface area contributed by atoms with Crippen molar-refractivity contribution in [2.24, 2.45) is 18.9 Å². The SMILES string of the molecule is COc1cc(C2c3cc4c(c(OC(=O)c5ccc[n+](C)c5)c3CC3COC(=O)C32)OCO4)cc(OC)c1OC.[I-]. The molecule has 10 nitrogen and oxygen atoms in total. The summed E-state index contributed by atoms with van der Waals surface area (Å²) in [4.78, 5) is 26.4. The van der Waals surface area contributed by atoms with E-state index in [1.807, 2.05) is 31.4 Å². The number of benzene rings is 2. The number of rotatable bonds is 6. The van der Waals surface area contributed by atoms with Gasteiger partial charge in [0.2, 0.25) is 18.3 Å². The van der Waals surface area contributed by atoms with Crippen molar-refractivity contribution in [1.82, 2.24) is 0 Å². The van der Waals surface area contributed by atoms with E-state index in [4.69, 9.17) is 33.2 Å². The molecular formula is C29H28INO9. The number of pyridine rings is 1. The Labute approximate surface area is 248 Å². The van der Waals surface area contributed by atoms with Crippen LogP contribution in [0.15, 0.2) is 42.7 Å². The second-order valence-electron chi connectivity index (χ2n) is 9.71. The molecule has 3 heterocycles. The number of cyclic esters (lactones) is 1. The predicted octanol–water partition coefficient (Wildman–Crippen LogP) is -0.0340. The Morgan fingerprint density at radius 1 is 1.00 bits per heavy atom. The van der Waals surface area contributed by atoms with Crippen molar-refractivity contribution >= 4 is 11.9 Å². The Balaban J connectivity index is 0.00000323. The average Bonchev–Trinajstić information content (AvgIpc) is 3.57. The van der Waals surface area contributed by atoms with E-state index < -0.39 is 17.8 Å². The first-order valence-corrected chi connectivity index (χ1v) is 12.5. The minimum Gasteiger partial charge on any atom is -1.00 e. The number of fused-ring (bicyclic) bond motifs is 3. The van der Waals surface area contributed by atoms with Crippen molar-refractivity contribution in [3.8, 4) is 34.5 Å². The zero-order chi connectivity index (χ0) is 27.3. The number of carbonyl (C=O) groups is 2. The Morgan fingerprint density at radius 3 is 2.42 bits per heavy atom. The first-order valence-electron chi connectivity index (χ1n) is 12.5. The minimum atomic E-state index is -0.525. The number of nitrogens with zero attached hydrogens (tertiary/aromatic N) is 1. The van der Waals surface area contributed by atoms with Gasteiger partial charge in [0.1, 0.15) is 12.6 Å². The van der Waals surface area contributed by atoms with E-state index in [0.717, 1.165) is 16.7 Å². The zero-order valence-corrected chi connectivity index (χ0v) is 24.6. The van der Waals surface area contributed by atoms with Crippen LogP contribution < -0.4 is 57.0 Å². The summed E-state index contributed by atoms with van der Waals surface area (Å²) in [6.45, 7) is 0.257. The molecule has 0 radical (unpaired) electrons. The van der Waals surface area contributed by atoms with Crippen LogP contribution in [0.25, 0.3) is 0 Å². The molecule has 0 spiro atoms. The molecule has 0 saturated carbocycles. The highest BCUT2D eigenvalue weighted by molar-refractivity contribution is 5.91. The van der Waals surface area contributed by atoms with Crippen LogP contribution in [-0.4, -0.2) is 46.7 Å². The topological polar surface area (TPSA) is 103 Å². The monoisotopic (exact) mass is 661 g/mol. The van der Waals surface area contributed by atoms with Crippen LogP contribution >= 0.6 is 0 Å². The van der Waals surface area contributed by atoms with E-state index in [1.165, 1.54) is 7.11 Å². The number of aryl methyl sites for hydroxylation is 1. The molecule has 6 rings (SSSR count). The lowest BCUT2D eigenvalue weighted by molar-refractivity contribution is -0.671. The van der Waals surface area contributed by atoms with Gasteiger partial charge in [-0.3, -0.25) is 4.79 Å². The third-order valence-electron chi connectivity index (χ3n) is 7.55. The zero-order valence-electron chi connectivity index (χ0n) is 22.4. The number of aromatic nitrogens is 1. The smallest absolute Gasteiger partial charge is 0.349 e. The Hall–Kier alpha value is -3.74. The number of methoxy groups -OCH3 is 3. The van der Waals surface area contributed by atoms with Crippen molar-refractivity contribution in [2.45, 2.75) is 12.3 Å². The van der Waals surface area contributed by atoms with Gasteiger partial charge in [0.15, 0.2) is 35.4 Å². The van der Waals surface area contributed by atoms with Crippen LogP contribution in [0.1, 0.15) is 33.0 Å². The minimum absolute atomic E-state index is 0. The molecule has 3 aliphatic rings. The first kappa shape index (κ1) is 27.8. The maximum absolute atomic E-state index is 13.3. The van der Waals surface area contributed by atoms with Gasteiger partial charge in [0.05, 0.1) is 33.9 Å². The lowest BCUT2D eigenvalue weighted by Gasteiger charge is -2.34. The third-order valence-corrected chi connectivity index (χ3v) is 7.55. The molecular weight excluding hydrogens is 633 g/mol. The summed E-state index contributed by atoms with van der Waals surface area (Å²) in [7, 11) is 6.45. The summed E-state index contributed by atoms with van der Waals surface area (Å²) >= 11 is 0. The molecule has 0 N–H and O–H groups in total. The highest BCUT2D eigenvalue weighted by Gasteiger charge is 2.50. The highest BCUT2D eigenvalue weighted by Crippen LogP contribution is 2.56. The summed E-state index contributed by atoms with van der Waals surface area (Å²) in [6, 6.07) is 9.00. The van der Waals surface area contributed by atoms with Crippen LogP contribution in [-0.2, 0) is 23.0 Å². The second-order valence-corrected chi connectivity index (χ2v) is 9.71. The Kier molecular flexibility index (Phi) is 7.67. The van der Waals surface area contributed by atoms with Gasteiger partial charge in [-0.15, -0.1) is 0 Å². The van der Waals surface area contributed by atoms with Gasteiger partial charge in [0, 0.05) is 23.5 Å². The number of ether oxygens (including phenoxy) is 7. The van der Waals surface area contributed by atoms with Gasteiger partial charge in [-0.2, -0.15) is 0 Å². The number of hydrogen-bond acceptors (Lipinski definition) is 9. The normalized spacial score (nSPS) is 20.0. The fourth-order valence-electron chi connectivity index (χ4n) is 5.83. The van der Waals surface area contributed by atoms with Crippen molar-refractivity contribution in [3.05, 3.63) is 65.0 Å². The van der Waals surface area contributed by atoms with E-state index >= 15 is 0 Å². The van der Waals surface area contributed by atoms with Gasteiger partial charge in [-0.05, 0) is 41.8 Å². The largest absolute Gasteiger partial charge is 1.00 e. The standard InChI is InChI=1S/C29H28NO9.HI/c1-30-7-5-6-15(12-30)28(31)39-25-19-8-17-13-36-29(32)24(17)23(18(19)11-22-27(25)38-14-37-22)16-9-20(33-2)26(35-4)21(10-16)34-3;/h5-7,9-12,17,23-24H,8,13-14H2,1-4H3;1H/q+1;/p-1. The fraction of sp³-hybridized carbons (Fsp3) is 0.345. The van der Waals surface area contributed by atoms with Crippen molar-refractivity contribution in [3.63, 3.8) is 0 Å². The van der Waals surface area contributed by atoms with E-state index in [-0.39, 0.29) is 49.3 Å². The summed E-state index contributed by atoms with van der Waals surface area (Å²) in [5, 5.41) is 0. The molecule has 1 aliphatic carbocycles. The summed E-state index contributed by atoms with van der Waals surface area (Å²) in [5.74, 6) is 0.626. The van der Waals surface area contributed by atoms with E-state index in [2.05, 4.69) is 0 Å². The molecule has 0 bridgehead atoms. The quantitative estimate of drug-likeness (QED) is 0.156. The van der Waals surface area contributed by atoms with Crippen molar-refractivity contribution < 1.29 is 71.3 Å². The average molecular weight is 661 g/mol. The van der Waals surface area contributed by atoms with Crippen LogP contribution in [0.5, 0.6) is 34.5 Å². The van der Waals surface area contributed by atoms with Crippen LogP contribution in [0.2, 0.25) is 0 Å². The Morgan fingerprint density at radius 2 is 1.75 bits per heavy atom. The number of halogens is 1. The lowest BCUT2D eigenvalue weighted by Crippen LogP contribution is -3.00. The molecule has 3 unspecified atom stereocenters. The molecule has 2 aromatic carbocycles. The van der Waals surface area contributed by atoms with E-state index in [9.17, 15) is 9.59 Å². The predicted molar refractivity (Wildman–Crippen MR) is 135 cm³/mol. The summed E-state index contributed by atoms with van der Waals surface area (Å²) in [5.41, 5.74) is 2.71. The first-order chi connectivity index (χ1) is 18.9. The van der Waals surface area contributed by atoms with Crippen molar-refractivity contribution in [2.75, 3.05) is 34.7 Å². The molecule has 0 amide bonds. The maximum Gasteiger partial charge on any atom is 0.349 e. The molecule has 3 atom stereocenters. The number of hydrogen-bond donors (Lipinski definition) is 0. The fourth-order valence-corrected chi connectivity index (χ4v) is 5.83. The van der Waals surface area contributed by atoms with Gasteiger partial charge in [0.25, 0.3) is 0 Å². The summed E-state index contributed by atoms with van der Waals surface area (Å²) < 4.78 is 41.6. The molecule has 40 heavy (non-hydrogen) atoms. The summed E-state index contributed by atoms with van der Waals surface area (Å²) in [6.07, 6.45) is 3.98. The molecule has 3 aromatic rings. The lowest BCUT2D eigenvalue weighted by atomic mass is 9.67. The molecule has 11 heteroatoms. The van der Waals surface area contributed by atoms with Crippen LogP contribution in [0.3, 0.4) is 0 Å². The third kappa shape index (κ3) is 4.55. The molecule has 1 aromatic heterocycles. The van der Waals surface area contributed by atoms with Gasteiger partial charge in [-0.25, -0.2) is 9.36 Å². The van der Waals surface area contributed by atoms with Crippen LogP contribution in [0.4, 0.5) is 0 Å². The van der Waals surface area contributed by atoms with Crippen molar-refractivity contribution in [1.29, 1.82) is 0 Å². The van der Waals surface area contributed by atoms with E-state index in [1.54, 1.807) is 37.1 Å². The molecule has 1 saturated heterocycles. The Bertz CT molecular complexity index is 1470. The molecule has 1 fully saturated rings. The highest BCUT2D eigenvalue weighted by atomic mass is 127. The van der Waals surface area contributed by atoms with Gasteiger partial charge in [-0.1, -0.05) is 0 Å². The molecule has 2 aliphatic heterocycles. The number of carbonyl (C=O) groups excluding carboxylic acids is 2. The maximum atomic E-state index is 13.3. The van der Waals surface area contributed by atoms with Gasteiger partial charge >= 0.3 is 11.9 Å². The number of esters is 2. The van der Waals surface area contributed by atoms with E-state index in [0.29, 0.717) is 46.5 Å². The van der Waals surface area contributed by atoms with Gasteiger partial charge < -0.3 is 57.1 Å². The molecule has 210 valence electrons.